The minimum Gasteiger partial charge on any atom is -0.483 e. The summed E-state index contributed by atoms with van der Waals surface area (Å²) in [6, 6.07) is 0. The summed E-state index contributed by atoms with van der Waals surface area (Å²) in [5.74, 6) is 0.169. The minimum atomic E-state index is -4.46. The van der Waals surface area contributed by atoms with E-state index in [-0.39, 0.29) is 23.8 Å². The average molecular weight is 441 g/mol. The van der Waals surface area contributed by atoms with E-state index < -0.39 is 11.7 Å². The van der Waals surface area contributed by atoms with Crippen LogP contribution in [0.4, 0.5) is 13.2 Å². The molecular weight excluding hydrogens is 405 g/mol. The predicted molar refractivity (Wildman–Crippen MR) is 120 cm³/mol. The molecule has 0 bridgehead atoms. The van der Waals surface area contributed by atoms with E-state index >= 15 is 0 Å². The number of halogens is 3. The molecule has 31 heavy (non-hydrogen) atoms. The van der Waals surface area contributed by atoms with E-state index in [1.807, 2.05) is 27.7 Å². The van der Waals surface area contributed by atoms with Crippen LogP contribution in [0.5, 0.6) is 0 Å². The molecular formula is C24H35F3N2O2. The Balaban J connectivity index is 3.37. The van der Waals surface area contributed by atoms with Crippen LogP contribution in [0.15, 0.2) is 51.7 Å². The van der Waals surface area contributed by atoms with Crippen LogP contribution in [0.3, 0.4) is 0 Å². The number of alkyl halides is 3. The number of ether oxygens (including phenoxy) is 1. The zero-order valence-electron chi connectivity index (χ0n) is 19.4. The molecule has 0 spiro atoms. The maximum Gasteiger partial charge on any atom is 0.416 e. The van der Waals surface area contributed by atoms with Crippen molar-refractivity contribution in [3.8, 4) is 0 Å². The lowest BCUT2D eigenvalue weighted by molar-refractivity contribution is -0.125. The van der Waals surface area contributed by atoms with Crippen LogP contribution in [-0.2, 0) is 9.53 Å². The van der Waals surface area contributed by atoms with Gasteiger partial charge in [0, 0.05) is 11.0 Å². The monoisotopic (exact) mass is 440 g/mol. The van der Waals surface area contributed by atoms with Gasteiger partial charge in [-0.2, -0.15) is 13.2 Å². The van der Waals surface area contributed by atoms with Crippen molar-refractivity contribution in [1.29, 1.82) is 0 Å². The third-order valence-electron chi connectivity index (χ3n) is 5.27. The first-order valence-corrected chi connectivity index (χ1v) is 10.7. The third-order valence-corrected chi connectivity index (χ3v) is 5.27. The Kier molecular flexibility index (Phi) is 10.3. The molecule has 0 unspecified atom stereocenters. The quantitative estimate of drug-likeness (QED) is 0.242. The van der Waals surface area contributed by atoms with Crippen LogP contribution in [0.1, 0.15) is 66.7 Å². The van der Waals surface area contributed by atoms with Gasteiger partial charge in [0.05, 0.1) is 24.9 Å². The number of amides is 1. The molecule has 1 fully saturated rings. The van der Waals surface area contributed by atoms with E-state index in [0.717, 1.165) is 24.5 Å². The zero-order chi connectivity index (χ0) is 23.7. The van der Waals surface area contributed by atoms with Gasteiger partial charge in [-0.25, -0.2) is 4.99 Å². The molecule has 4 nitrogen and oxygen atoms in total. The normalized spacial score (nSPS) is 18.2. The molecule has 0 aromatic heterocycles. The van der Waals surface area contributed by atoms with Gasteiger partial charge in [-0.05, 0) is 51.2 Å². The molecule has 0 heterocycles. The summed E-state index contributed by atoms with van der Waals surface area (Å²) in [6.45, 7) is 9.29. The molecule has 0 aromatic carbocycles. The van der Waals surface area contributed by atoms with Crippen molar-refractivity contribution in [3.05, 3.63) is 46.7 Å². The first-order valence-electron chi connectivity index (χ1n) is 10.7. The molecule has 1 amide bonds. The Morgan fingerprint density at radius 1 is 1.26 bits per heavy atom. The molecule has 7 heteroatoms. The first-order chi connectivity index (χ1) is 14.5. The minimum absolute atomic E-state index is 0.0685. The van der Waals surface area contributed by atoms with Gasteiger partial charge in [-0.1, -0.05) is 45.4 Å². The molecule has 1 aliphatic carbocycles. The summed E-state index contributed by atoms with van der Waals surface area (Å²) in [5.41, 5.74) is 0.537. The SMILES string of the molecule is C\C=C/C(=C\C(=C/CCC)C(F)(F)F)C(N=C(CNC(=O)C1(C)CC1)OC)=C(C)CC. The lowest BCUT2D eigenvalue weighted by Crippen LogP contribution is -2.35. The number of rotatable bonds is 10. The highest BCUT2D eigenvalue weighted by Gasteiger charge is 2.44. The number of aliphatic imine (C=N–C) groups is 1. The maximum atomic E-state index is 13.6. The van der Waals surface area contributed by atoms with Gasteiger partial charge in [0.25, 0.3) is 0 Å². The van der Waals surface area contributed by atoms with Gasteiger partial charge in [0.15, 0.2) is 0 Å². The first kappa shape index (κ1) is 26.7. The van der Waals surface area contributed by atoms with Crippen molar-refractivity contribution in [2.45, 2.75) is 72.9 Å². The van der Waals surface area contributed by atoms with E-state index in [1.54, 1.807) is 19.1 Å². The van der Waals surface area contributed by atoms with Crippen LogP contribution in [-0.4, -0.2) is 31.6 Å². The van der Waals surface area contributed by atoms with Crippen LogP contribution < -0.4 is 5.32 Å². The van der Waals surface area contributed by atoms with Gasteiger partial charge >= 0.3 is 6.18 Å². The average Bonchev–Trinajstić information content (AvgIpc) is 3.47. The second kappa shape index (κ2) is 11.9. The van der Waals surface area contributed by atoms with Crippen LogP contribution in [0.2, 0.25) is 0 Å². The van der Waals surface area contributed by atoms with E-state index in [2.05, 4.69) is 10.3 Å². The topological polar surface area (TPSA) is 50.7 Å². The van der Waals surface area contributed by atoms with E-state index in [1.165, 1.54) is 13.2 Å². The number of methoxy groups -OCH3 is 1. The fraction of sp³-hybridized carbons (Fsp3) is 0.583. The number of carbonyl (C=O) groups is 1. The van der Waals surface area contributed by atoms with Crippen LogP contribution in [0, 0.1) is 5.41 Å². The highest BCUT2D eigenvalue weighted by molar-refractivity contribution is 5.89. The lowest BCUT2D eigenvalue weighted by Gasteiger charge is -2.15. The Morgan fingerprint density at radius 3 is 2.35 bits per heavy atom. The van der Waals surface area contributed by atoms with Crippen LogP contribution >= 0.6 is 0 Å². The summed E-state index contributed by atoms with van der Waals surface area (Å²) in [4.78, 5) is 16.7. The smallest absolute Gasteiger partial charge is 0.416 e. The van der Waals surface area contributed by atoms with Crippen molar-refractivity contribution in [2.24, 2.45) is 10.4 Å². The summed E-state index contributed by atoms with van der Waals surface area (Å²) in [6.07, 6.45) is 4.41. The molecule has 0 radical (unpaired) electrons. The number of hydrogen-bond donors (Lipinski definition) is 1. The van der Waals surface area contributed by atoms with Crippen molar-refractivity contribution in [2.75, 3.05) is 13.7 Å². The number of nitrogens with one attached hydrogen (secondary N) is 1. The molecule has 0 saturated heterocycles. The fourth-order valence-electron chi connectivity index (χ4n) is 2.74. The van der Waals surface area contributed by atoms with E-state index in [4.69, 9.17) is 4.74 Å². The molecule has 0 aromatic rings. The largest absolute Gasteiger partial charge is 0.483 e. The van der Waals surface area contributed by atoms with Gasteiger partial charge in [-0.15, -0.1) is 0 Å². The van der Waals surface area contributed by atoms with Gasteiger partial charge in [0.1, 0.15) is 0 Å². The van der Waals surface area contributed by atoms with Crippen molar-refractivity contribution in [3.63, 3.8) is 0 Å². The number of nitrogens with zero attached hydrogens (tertiary/aromatic N) is 1. The molecule has 1 saturated carbocycles. The lowest BCUT2D eigenvalue weighted by atomic mass is 10.0. The maximum absolute atomic E-state index is 13.6. The van der Waals surface area contributed by atoms with Gasteiger partial charge in [0.2, 0.25) is 11.8 Å². The van der Waals surface area contributed by atoms with Crippen molar-refractivity contribution < 1.29 is 22.7 Å². The Morgan fingerprint density at radius 2 is 1.90 bits per heavy atom. The van der Waals surface area contributed by atoms with Crippen molar-refractivity contribution in [1.82, 2.24) is 5.32 Å². The van der Waals surface area contributed by atoms with Crippen molar-refractivity contribution >= 4 is 11.8 Å². The number of unbranched alkanes of at least 4 members (excludes halogenated alkanes) is 1. The Bertz CT molecular complexity index is 783. The van der Waals surface area contributed by atoms with Gasteiger partial charge in [-0.3, -0.25) is 4.79 Å². The Labute approximate surface area is 184 Å². The second-order valence-corrected chi connectivity index (χ2v) is 7.98. The molecule has 1 rings (SSSR count). The highest BCUT2D eigenvalue weighted by atomic mass is 19.4. The number of allylic oxidation sites excluding steroid dienone is 6. The Hall–Kier alpha value is -2.31. The highest BCUT2D eigenvalue weighted by Crippen LogP contribution is 2.44. The second-order valence-electron chi connectivity index (χ2n) is 7.98. The molecule has 0 atom stereocenters. The molecule has 174 valence electrons. The summed E-state index contributed by atoms with van der Waals surface area (Å²) < 4.78 is 46.1. The summed E-state index contributed by atoms with van der Waals surface area (Å²) >= 11 is 0. The van der Waals surface area contributed by atoms with E-state index in [9.17, 15) is 18.0 Å². The van der Waals surface area contributed by atoms with Crippen LogP contribution in [0.25, 0.3) is 0 Å². The molecule has 0 aliphatic heterocycles. The summed E-state index contributed by atoms with van der Waals surface area (Å²) in [5, 5.41) is 2.82. The third kappa shape index (κ3) is 8.38. The standard InChI is InChI=1S/C24H35F3N2O2/c1-7-10-12-19(24(25,26)27)15-18(11-8-2)21(17(4)9-3)29-20(31-6)16-28-22(30)23(5)13-14-23/h8,11-12,15H,7,9-10,13-14,16H2,1-6H3,(H,28,30)/b11-8-,18-15+,19-12+,21-17?,29-20?. The predicted octanol–water partition coefficient (Wildman–Crippen LogP) is 6.42. The summed E-state index contributed by atoms with van der Waals surface area (Å²) in [7, 11) is 1.43. The molecule has 1 N–H and O–H groups in total. The van der Waals surface area contributed by atoms with E-state index in [0.29, 0.717) is 30.5 Å². The number of carbonyl (C=O) groups excluding carboxylic acids is 1. The fourth-order valence-corrected chi connectivity index (χ4v) is 2.74. The molecule has 1 aliphatic rings. The number of hydrogen-bond acceptors (Lipinski definition) is 3. The zero-order valence-corrected chi connectivity index (χ0v) is 19.4. The van der Waals surface area contributed by atoms with Gasteiger partial charge < -0.3 is 10.1 Å².